The Hall–Kier alpha value is -2.82. The van der Waals surface area contributed by atoms with Gasteiger partial charge in [-0.15, -0.1) is 0 Å². The lowest BCUT2D eigenvalue weighted by Crippen LogP contribution is -1.94. The van der Waals surface area contributed by atoms with Crippen molar-refractivity contribution >= 4 is 0 Å². The molecule has 5 heteroatoms. The minimum atomic E-state index is 0.127. The van der Waals surface area contributed by atoms with Gasteiger partial charge < -0.3 is 10.2 Å². The predicted octanol–water partition coefficient (Wildman–Crippen LogP) is 2.56. The molecule has 0 fully saturated rings. The van der Waals surface area contributed by atoms with Crippen LogP contribution in [0.3, 0.4) is 0 Å². The normalized spacial score (nSPS) is 10.7. The maximum absolute atomic E-state index is 9.89. The molecule has 0 saturated carbocycles. The maximum atomic E-state index is 9.89. The number of aromatic hydroxyl groups is 2. The van der Waals surface area contributed by atoms with Gasteiger partial charge in [0.05, 0.1) is 11.1 Å². The molecule has 0 radical (unpaired) electrons. The first kappa shape index (κ1) is 12.2. The standard InChI is InChI=1S/C15H13N3O2/c1-18-15(11-7-3-5-9-13(11)20)16-14(17-18)10-6-2-4-8-12(10)19/h2-9,19-20H,1H3. The first-order valence-electron chi connectivity index (χ1n) is 6.14. The maximum Gasteiger partial charge on any atom is 0.185 e. The van der Waals surface area contributed by atoms with Crippen LogP contribution in [0.25, 0.3) is 22.8 Å². The van der Waals surface area contributed by atoms with E-state index in [-0.39, 0.29) is 11.5 Å². The third kappa shape index (κ3) is 1.99. The molecule has 100 valence electrons. The van der Waals surface area contributed by atoms with Gasteiger partial charge in [-0.3, -0.25) is 0 Å². The number of phenols is 2. The average Bonchev–Trinajstić information content (AvgIpc) is 2.81. The highest BCUT2D eigenvalue weighted by Gasteiger charge is 2.15. The summed E-state index contributed by atoms with van der Waals surface area (Å²) in [5.74, 6) is 1.24. The van der Waals surface area contributed by atoms with Gasteiger partial charge in [-0.25, -0.2) is 9.67 Å². The van der Waals surface area contributed by atoms with Gasteiger partial charge in [0, 0.05) is 7.05 Å². The van der Waals surface area contributed by atoms with Gasteiger partial charge >= 0.3 is 0 Å². The summed E-state index contributed by atoms with van der Waals surface area (Å²) in [6.45, 7) is 0. The van der Waals surface area contributed by atoms with Crippen LogP contribution in [0.1, 0.15) is 0 Å². The average molecular weight is 267 g/mol. The number of aryl methyl sites for hydroxylation is 1. The van der Waals surface area contributed by atoms with E-state index < -0.39 is 0 Å². The summed E-state index contributed by atoms with van der Waals surface area (Å²) in [6, 6.07) is 13.8. The number of phenolic OH excluding ortho intramolecular Hbond substituents is 2. The summed E-state index contributed by atoms with van der Waals surface area (Å²) in [4.78, 5) is 4.40. The minimum Gasteiger partial charge on any atom is -0.507 e. The van der Waals surface area contributed by atoms with Gasteiger partial charge in [0.2, 0.25) is 0 Å². The quantitative estimate of drug-likeness (QED) is 0.748. The number of rotatable bonds is 2. The molecule has 0 amide bonds. The monoisotopic (exact) mass is 267 g/mol. The highest BCUT2D eigenvalue weighted by Crippen LogP contribution is 2.31. The van der Waals surface area contributed by atoms with Crippen LogP contribution in [0.15, 0.2) is 48.5 Å². The molecule has 0 unspecified atom stereocenters. The van der Waals surface area contributed by atoms with Crippen molar-refractivity contribution in [3.63, 3.8) is 0 Å². The van der Waals surface area contributed by atoms with Crippen molar-refractivity contribution in [1.82, 2.24) is 14.8 Å². The number of benzene rings is 2. The number of para-hydroxylation sites is 2. The van der Waals surface area contributed by atoms with E-state index in [1.165, 1.54) is 0 Å². The lowest BCUT2D eigenvalue weighted by Gasteiger charge is -2.01. The number of hydrogen-bond donors (Lipinski definition) is 2. The van der Waals surface area contributed by atoms with Crippen molar-refractivity contribution in [3.8, 4) is 34.3 Å². The first-order valence-corrected chi connectivity index (χ1v) is 6.14. The van der Waals surface area contributed by atoms with Gasteiger partial charge in [-0.2, -0.15) is 5.10 Å². The smallest absolute Gasteiger partial charge is 0.185 e. The van der Waals surface area contributed by atoms with E-state index in [1.807, 2.05) is 12.1 Å². The van der Waals surface area contributed by atoms with E-state index in [0.717, 1.165) is 0 Å². The Morgan fingerprint density at radius 1 is 0.850 bits per heavy atom. The minimum absolute atomic E-state index is 0.127. The van der Waals surface area contributed by atoms with Crippen molar-refractivity contribution in [1.29, 1.82) is 0 Å². The summed E-state index contributed by atoms with van der Waals surface area (Å²) >= 11 is 0. The van der Waals surface area contributed by atoms with Gasteiger partial charge in [-0.1, -0.05) is 24.3 Å². The zero-order valence-corrected chi connectivity index (χ0v) is 10.9. The third-order valence-electron chi connectivity index (χ3n) is 3.05. The van der Waals surface area contributed by atoms with Crippen molar-refractivity contribution in [2.45, 2.75) is 0 Å². The molecule has 2 aromatic carbocycles. The Kier molecular flexibility index (Phi) is 2.87. The number of nitrogens with zero attached hydrogens (tertiary/aromatic N) is 3. The molecular formula is C15H13N3O2. The Balaban J connectivity index is 2.13. The van der Waals surface area contributed by atoms with Crippen molar-refractivity contribution in [2.24, 2.45) is 7.05 Å². The molecule has 0 spiro atoms. The molecule has 0 aliphatic carbocycles. The van der Waals surface area contributed by atoms with Crippen molar-refractivity contribution < 1.29 is 10.2 Å². The fourth-order valence-corrected chi connectivity index (χ4v) is 2.06. The van der Waals surface area contributed by atoms with Crippen LogP contribution < -0.4 is 0 Å². The number of aromatic nitrogens is 3. The van der Waals surface area contributed by atoms with Gasteiger partial charge in [0.25, 0.3) is 0 Å². The Labute approximate surface area is 115 Å². The fourth-order valence-electron chi connectivity index (χ4n) is 2.06. The first-order chi connectivity index (χ1) is 9.66. The molecule has 0 aliphatic rings. The molecule has 5 nitrogen and oxygen atoms in total. The van der Waals surface area contributed by atoms with Crippen LogP contribution in [-0.4, -0.2) is 25.0 Å². The second kappa shape index (κ2) is 4.70. The van der Waals surface area contributed by atoms with E-state index in [0.29, 0.717) is 22.8 Å². The number of hydrogen-bond acceptors (Lipinski definition) is 4. The topological polar surface area (TPSA) is 71.2 Å². The van der Waals surface area contributed by atoms with Crippen LogP contribution in [-0.2, 0) is 7.05 Å². The second-order valence-electron chi connectivity index (χ2n) is 4.42. The summed E-state index contributed by atoms with van der Waals surface area (Å²) in [5, 5.41) is 24.0. The summed E-state index contributed by atoms with van der Waals surface area (Å²) in [7, 11) is 1.75. The van der Waals surface area contributed by atoms with Crippen molar-refractivity contribution in [2.75, 3.05) is 0 Å². The van der Waals surface area contributed by atoms with Crippen LogP contribution >= 0.6 is 0 Å². The fraction of sp³-hybridized carbons (Fsp3) is 0.0667. The van der Waals surface area contributed by atoms with Crippen LogP contribution in [0.4, 0.5) is 0 Å². The van der Waals surface area contributed by atoms with Crippen LogP contribution in [0.2, 0.25) is 0 Å². The SMILES string of the molecule is Cn1nc(-c2ccccc2O)nc1-c1ccccc1O. The lowest BCUT2D eigenvalue weighted by atomic mass is 10.2. The summed E-state index contributed by atoms with van der Waals surface area (Å²) in [6.07, 6.45) is 0. The molecule has 20 heavy (non-hydrogen) atoms. The summed E-state index contributed by atoms with van der Waals surface area (Å²) in [5.41, 5.74) is 1.16. The highest BCUT2D eigenvalue weighted by atomic mass is 16.3. The third-order valence-corrected chi connectivity index (χ3v) is 3.05. The van der Waals surface area contributed by atoms with Crippen molar-refractivity contribution in [3.05, 3.63) is 48.5 Å². The molecule has 3 rings (SSSR count). The van der Waals surface area contributed by atoms with E-state index in [1.54, 1.807) is 48.1 Å². The van der Waals surface area contributed by atoms with Crippen LogP contribution in [0.5, 0.6) is 11.5 Å². The van der Waals surface area contributed by atoms with Gasteiger partial charge in [0.1, 0.15) is 11.5 Å². The molecule has 1 aromatic heterocycles. The lowest BCUT2D eigenvalue weighted by molar-refractivity contribution is 0.476. The van der Waals surface area contributed by atoms with Crippen LogP contribution in [0, 0.1) is 0 Å². The Bertz CT molecular complexity index is 765. The van der Waals surface area contributed by atoms with E-state index in [4.69, 9.17) is 0 Å². The largest absolute Gasteiger partial charge is 0.507 e. The molecule has 1 heterocycles. The van der Waals surface area contributed by atoms with E-state index in [2.05, 4.69) is 10.1 Å². The zero-order chi connectivity index (χ0) is 14.1. The molecule has 0 atom stereocenters. The Morgan fingerprint density at radius 2 is 1.40 bits per heavy atom. The zero-order valence-electron chi connectivity index (χ0n) is 10.9. The summed E-state index contributed by atoms with van der Waals surface area (Å²) < 4.78 is 1.58. The molecule has 0 aliphatic heterocycles. The predicted molar refractivity (Wildman–Crippen MR) is 75.2 cm³/mol. The van der Waals surface area contributed by atoms with E-state index >= 15 is 0 Å². The van der Waals surface area contributed by atoms with E-state index in [9.17, 15) is 10.2 Å². The highest BCUT2D eigenvalue weighted by molar-refractivity contribution is 5.69. The molecule has 0 bridgehead atoms. The Morgan fingerprint density at radius 3 is 2.00 bits per heavy atom. The molecule has 2 N–H and O–H groups in total. The van der Waals surface area contributed by atoms with Gasteiger partial charge in [0.15, 0.2) is 11.6 Å². The molecule has 3 aromatic rings. The van der Waals surface area contributed by atoms with Gasteiger partial charge in [-0.05, 0) is 24.3 Å². The molecule has 0 saturated heterocycles. The second-order valence-corrected chi connectivity index (χ2v) is 4.42. The molecular weight excluding hydrogens is 254 g/mol.